The van der Waals surface area contributed by atoms with Crippen LogP contribution in [0.4, 0.5) is 0 Å². The quantitative estimate of drug-likeness (QED) is 0.649. The zero-order valence-corrected chi connectivity index (χ0v) is 13.0. The first-order valence-electron chi connectivity index (χ1n) is 7.01. The van der Waals surface area contributed by atoms with Crippen molar-refractivity contribution in [2.24, 2.45) is 5.10 Å². The number of halogens is 1. The zero-order chi connectivity index (χ0) is 15.8. The van der Waals surface area contributed by atoms with E-state index in [4.69, 9.17) is 16.3 Å². The second-order valence-electron chi connectivity index (χ2n) is 4.62. The molecule has 0 heterocycles. The number of rotatable bonds is 6. The first kappa shape index (κ1) is 16.0. The van der Waals surface area contributed by atoms with Gasteiger partial charge in [-0.15, -0.1) is 0 Å². The second-order valence-corrected chi connectivity index (χ2v) is 5.06. The SMILES string of the molecule is CCCOc1ccc(/C=N\NC(=O)c2ccc(Cl)cc2)cc1. The van der Waals surface area contributed by atoms with Gasteiger partial charge in [0.05, 0.1) is 12.8 Å². The molecule has 114 valence electrons. The highest BCUT2D eigenvalue weighted by Gasteiger charge is 2.02. The van der Waals surface area contributed by atoms with E-state index in [0.717, 1.165) is 17.7 Å². The van der Waals surface area contributed by atoms with Gasteiger partial charge in [-0.05, 0) is 60.5 Å². The summed E-state index contributed by atoms with van der Waals surface area (Å²) in [6.45, 7) is 2.76. The Morgan fingerprint density at radius 2 is 1.86 bits per heavy atom. The highest BCUT2D eigenvalue weighted by molar-refractivity contribution is 6.30. The van der Waals surface area contributed by atoms with Gasteiger partial charge in [0.2, 0.25) is 0 Å². The summed E-state index contributed by atoms with van der Waals surface area (Å²) in [6.07, 6.45) is 2.55. The predicted molar refractivity (Wildman–Crippen MR) is 88.7 cm³/mol. The molecule has 2 aromatic rings. The van der Waals surface area contributed by atoms with Crippen LogP contribution in [0.25, 0.3) is 0 Å². The Labute approximate surface area is 134 Å². The monoisotopic (exact) mass is 316 g/mol. The van der Waals surface area contributed by atoms with Gasteiger partial charge >= 0.3 is 0 Å². The summed E-state index contributed by atoms with van der Waals surface area (Å²) < 4.78 is 5.50. The van der Waals surface area contributed by atoms with Gasteiger partial charge in [-0.1, -0.05) is 18.5 Å². The molecule has 0 aromatic heterocycles. The van der Waals surface area contributed by atoms with Crippen LogP contribution in [0.2, 0.25) is 5.02 Å². The highest BCUT2D eigenvalue weighted by Crippen LogP contribution is 2.11. The third kappa shape index (κ3) is 4.90. The van der Waals surface area contributed by atoms with Crippen molar-refractivity contribution >= 4 is 23.7 Å². The van der Waals surface area contributed by atoms with Crippen LogP contribution in [0.15, 0.2) is 53.6 Å². The first-order valence-corrected chi connectivity index (χ1v) is 7.38. The maximum absolute atomic E-state index is 11.8. The van der Waals surface area contributed by atoms with Crippen LogP contribution in [-0.2, 0) is 0 Å². The molecule has 2 aromatic carbocycles. The van der Waals surface area contributed by atoms with Crippen LogP contribution < -0.4 is 10.2 Å². The molecule has 0 saturated carbocycles. The summed E-state index contributed by atoms with van der Waals surface area (Å²) in [5.41, 5.74) is 3.85. The minimum absolute atomic E-state index is 0.282. The molecule has 5 heteroatoms. The third-order valence-electron chi connectivity index (χ3n) is 2.84. The van der Waals surface area contributed by atoms with Crippen LogP contribution in [0.3, 0.4) is 0 Å². The van der Waals surface area contributed by atoms with E-state index in [2.05, 4.69) is 17.5 Å². The zero-order valence-electron chi connectivity index (χ0n) is 12.3. The van der Waals surface area contributed by atoms with E-state index in [1.807, 2.05) is 24.3 Å². The van der Waals surface area contributed by atoms with Crippen molar-refractivity contribution in [2.75, 3.05) is 6.61 Å². The summed E-state index contributed by atoms with van der Waals surface area (Å²) in [5, 5.41) is 4.52. The second kappa shape index (κ2) is 8.20. The number of hydrogen-bond acceptors (Lipinski definition) is 3. The number of carbonyl (C=O) groups excluding carboxylic acids is 1. The molecule has 2 rings (SSSR count). The van der Waals surface area contributed by atoms with E-state index in [0.29, 0.717) is 17.2 Å². The van der Waals surface area contributed by atoms with Gasteiger partial charge in [0.1, 0.15) is 5.75 Å². The molecule has 0 saturated heterocycles. The van der Waals surface area contributed by atoms with Crippen molar-refractivity contribution in [1.29, 1.82) is 0 Å². The van der Waals surface area contributed by atoms with Crippen LogP contribution in [0.1, 0.15) is 29.3 Å². The van der Waals surface area contributed by atoms with Crippen molar-refractivity contribution in [2.45, 2.75) is 13.3 Å². The highest BCUT2D eigenvalue weighted by atomic mass is 35.5. The Balaban J connectivity index is 1.89. The average molecular weight is 317 g/mol. The van der Waals surface area contributed by atoms with Gasteiger partial charge in [0.25, 0.3) is 5.91 Å². The number of amides is 1. The molecule has 0 aliphatic heterocycles. The fraction of sp³-hybridized carbons (Fsp3) is 0.176. The molecule has 4 nitrogen and oxygen atoms in total. The predicted octanol–water partition coefficient (Wildman–Crippen LogP) is 3.89. The molecule has 0 spiro atoms. The van der Waals surface area contributed by atoms with Crippen molar-refractivity contribution in [3.63, 3.8) is 0 Å². The molecular weight excluding hydrogens is 300 g/mol. The van der Waals surface area contributed by atoms with E-state index < -0.39 is 0 Å². The van der Waals surface area contributed by atoms with Crippen molar-refractivity contribution in [1.82, 2.24) is 5.43 Å². The Morgan fingerprint density at radius 1 is 1.18 bits per heavy atom. The Bertz CT molecular complexity index is 637. The lowest BCUT2D eigenvalue weighted by Crippen LogP contribution is -2.17. The molecule has 0 aliphatic carbocycles. The fourth-order valence-corrected chi connectivity index (χ4v) is 1.83. The minimum atomic E-state index is -0.282. The fourth-order valence-electron chi connectivity index (χ4n) is 1.70. The smallest absolute Gasteiger partial charge is 0.271 e. The number of carbonyl (C=O) groups is 1. The van der Waals surface area contributed by atoms with Gasteiger partial charge in [0, 0.05) is 10.6 Å². The molecule has 0 fully saturated rings. The van der Waals surface area contributed by atoms with E-state index in [1.54, 1.807) is 30.5 Å². The number of benzene rings is 2. The molecule has 0 atom stereocenters. The molecule has 0 aliphatic rings. The van der Waals surface area contributed by atoms with Gasteiger partial charge in [-0.2, -0.15) is 5.10 Å². The molecular formula is C17H17ClN2O2. The largest absolute Gasteiger partial charge is 0.494 e. The third-order valence-corrected chi connectivity index (χ3v) is 3.09. The molecule has 22 heavy (non-hydrogen) atoms. The number of nitrogens with zero attached hydrogens (tertiary/aromatic N) is 1. The standard InChI is InChI=1S/C17H17ClN2O2/c1-2-11-22-16-9-3-13(4-10-16)12-19-20-17(21)14-5-7-15(18)8-6-14/h3-10,12H,2,11H2,1H3,(H,20,21)/b19-12-. The van der Waals surface area contributed by atoms with Crippen LogP contribution in [0, 0.1) is 0 Å². The average Bonchev–Trinajstić information content (AvgIpc) is 2.54. The maximum atomic E-state index is 11.8. The lowest BCUT2D eigenvalue weighted by atomic mass is 10.2. The number of hydrazone groups is 1. The lowest BCUT2D eigenvalue weighted by Gasteiger charge is -2.04. The summed E-state index contributed by atoms with van der Waals surface area (Å²) >= 11 is 5.77. The Kier molecular flexibility index (Phi) is 5.98. The molecule has 0 unspecified atom stereocenters. The van der Waals surface area contributed by atoms with E-state index in [1.165, 1.54) is 0 Å². The van der Waals surface area contributed by atoms with Gasteiger partial charge in [-0.3, -0.25) is 4.79 Å². The van der Waals surface area contributed by atoms with Crippen molar-refractivity contribution in [3.05, 3.63) is 64.7 Å². The van der Waals surface area contributed by atoms with Crippen molar-refractivity contribution in [3.8, 4) is 5.75 Å². The van der Waals surface area contributed by atoms with Gasteiger partial charge in [0.15, 0.2) is 0 Å². The van der Waals surface area contributed by atoms with Crippen molar-refractivity contribution < 1.29 is 9.53 Å². The summed E-state index contributed by atoms with van der Waals surface area (Å²) in [6, 6.07) is 14.1. The Morgan fingerprint density at radius 3 is 2.50 bits per heavy atom. The number of ether oxygens (including phenoxy) is 1. The van der Waals surface area contributed by atoms with E-state index in [9.17, 15) is 4.79 Å². The molecule has 0 bridgehead atoms. The minimum Gasteiger partial charge on any atom is -0.494 e. The summed E-state index contributed by atoms with van der Waals surface area (Å²) in [4.78, 5) is 11.8. The maximum Gasteiger partial charge on any atom is 0.271 e. The van der Waals surface area contributed by atoms with Crippen LogP contribution in [0.5, 0.6) is 5.75 Å². The normalized spacial score (nSPS) is 10.6. The first-order chi connectivity index (χ1) is 10.7. The molecule has 0 radical (unpaired) electrons. The Hall–Kier alpha value is -2.33. The summed E-state index contributed by atoms with van der Waals surface area (Å²) in [5.74, 6) is 0.542. The van der Waals surface area contributed by atoms with E-state index in [-0.39, 0.29) is 5.91 Å². The topological polar surface area (TPSA) is 50.7 Å². The lowest BCUT2D eigenvalue weighted by molar-refractivity contribution is 0.0955. The van der Waals surface area contributed by atoms with E-state index >= 15 is 0 Å². The van der Waals surface area contributed by atoms with Crippen LogP contribution >= 0.6 is 11.6 Å². The van der Waals surface area contributed by atoms with Gasteiger partial charge < -0.3 is 4.74 Å². The van der Waals surface area contributed by atoms with Crippen LogP contribution in [-0.4, -0.2) is 18.7 Å². The molecule has 1 amide bonds. The van der Waals surface area contributed by atoms with Gasteiger partial charge in [-0.25, -0.2) is 5.43 Å². The number of hydrogen-bond donors (Lipinski definition) is 1. The number of nitrogens with one attached hydrogen (secondary N) is 1. The summed E-state index contributed by atoms with van der Waals surface area (Å²) in [7, 11) is 0. The molecule has 1 N–H and O–H groups in total.